The van der Waals surface area contributed by atoms with Crippen LogP contribution in [0.4, 0.5) is 10.1 Å². The number of anilines is 1. The van der Waals surface area contributed by atoms with E-state index in [0.29, 0.717) is 12.1 Å². The Morgan fingerprint density at radius 3 is 2.50 bits per heavy atom. The van der Waals surface area contributed by atoms with Crippen LogP contribution in [0.2, 0.25) is 0 Å². The number of hydrogen-bond donors (Lipinski definition) is 2. The molecule has 0 aliphatic carbocycles. The summed E-state index contributed by atoms with van der Waals surface area (Å²) in [7, 11) is 0. The van der Waals surface area contributed by atoms with Crippen LogP contribution in [0.25, 0.3) is 0 Å². The van der Waals surface area contributed by atoms with Crippen molar-refractivity contribution in [1.29, 1.82) is 0 Å². The lowest BCUT2D eigenvalue weighted by atomic mass is 10.1. The molecule has 18 heavy (non-hydrogen) atoms. The first kappa shape index (κ1) is 12.6. The van der Waals surface area contributed by atoms with Crippen molar-refractivity contribution < 1.29 is 4.39 Å². The van der Waals surface area contributed by atoms with Gasteiger partial charge in [-0.3, -0.25) is 0 Å². The Hall–Kier alpha value is -1.87. The van der Waals surface area contributed by atoms with Crippen LogP contribution in [0.15, 0.2) is 48.5 Å². The van der Waals surface area contributed by atoms with Gasteiger partial charge in [0.2, 0.25) is 0 Å². The fourth-order valence-electron chi connectivity index (χ4n) is 1.89. The van der Waals surface area contributed by atoms with E-state index in [0.717, 1.165) is 11.3 Å². The molecule has 2 nitrogen and oxygen atoms in total. The topological polar surface area (TPSA) is 38.0 Å². The second kappa shape index (κ2) is 5.65. The molecule has 0 aliphatic rings. The normalized spacial score (nSPS) is 12.3. The minimum absolute atomic E-state index is 0.0502. The van der Waals surface area contributed by atoms with Gasteiger partial charge in [-0.15, -0.1) is 0 Å². The molecule has 1 unspecified atom stereocenters. The van der Waals surface area contributed by atoms with E-state index in [1.807, 2.05) is 37.3 Å². The maximum Gasteiger partial charge on any atom is 0.127 e. The number of rotatable bonds is 4. The summed E-state index contributed by atoms with van der Waals surface area (Å²) in [4.78, 5) is 0. The maximum atomic E-state index is 13.6. The quantitative estimate of drug-likeness (QED) is 0.810. The largest absolute Gasteiger partial charge is 0.398 e. The highest BCUT2D eigenvalue weighted by atomic mass is 19.1. The molecule has 0 saturated heterocycles. The number of nitrogens with two attached hydrogens (primary N) is 1. The van der Waals surface area contributed by atoms with Gasteiger partial charge in [-0.05, 0) is 24.6 Å². The summed E-state index contributed by atoms with van der Waals surface area (Å²) in [5.41, 5.74) is 8.32. The highest BCUT2D eigenvalue weighted by molar-refractivity contribution is 5.46. The average Bonchev–Trinajstić information content (AvgIpc) is 2.38. The predicted molar refractivity (Wildman–Crippen MR) is 72.5 cm³/mol. The van der Waals surface area contributed by atoms with Crippen molar-refractivity contribution in [1.82, 2.24) is 5.32 Å². The van der Waals surface area contributed by atoms with Gasteiger partial charge < -0.3 is 11.1 Å². The summed E-state index contributed by atoms with van der Waals surface area (Å²) in [6, 6.07) is 14.4. The smallest absolute Gasteiger partial charge is 0.127 e. The van der Waals surface area contributed by atoms with Crippen LogP contribution >= 0.6 is 0 Å². The molecule has 0 fully saturated rings. The van der Waals surface area contributed by atoms with Gasteiger partial charge in [0.05, 0.1) is 0 Å². The van der Waals surface area contributed by atoms with E-state index in [-0.39, 0.29) is 11.9 Å². The number of hydrogen-bond acceptors (Lipinski definition) is 2. The van der Waals surface area contributed by atoms with Crippen LogP contribution in [0.3, 0.4) is 0 Å². The van der Waals surface area contributed by atoms with Crippen molar-refractivity contribution >= 4 is 5.69 Å². The Kier molecular flexibility index (Phi) is 3.95. The Bertz CT molecular complexity index is 525. The van der Waals surface area contributed by atoms with E-state index >= 15 is 0 Å². The van der Waals surface area contributed by atoms with Crippen molar-refractivity contribution in [3.8, 4) is 0 Å². The molecule has 0 saturated carbocycles. The molecule has 0 aliphatic heterocycles. The zero-order valence-corrected chi connectivity index (χ0v) is 10.4. The lowest BCUT2D eigenvalue weighted by Crippen LogP contribution is -2.19. The Morgan fingerprint density at radius 1 is 1.11 bits per heavy atom. The zero-order chi connectivity index (χ0) is 13.0. The number of nitrogens with one attached hydrogen (secondary N) is 1. The molecule has 0 spiro atoms. The first-order valence-corrected chi connectivity index (χ1v) is 5.99. The molecule has 3 heteroatoms. The number of halogens is 1. The molecule has 0 amide bonds. The monoisotopic (exact) mass is 244 g/mol. The minimum atomic E-state index is -0.182. The van der Waals surface area contributed by atoms with E-state index in [1.54, 1.807) is 12.1 Å². The zero-order valence-electron chi connectivity index (χ0n) is 10.4. The summed E-state index contributed by atoms with van der Waals surface area (Å²) in [6.45, 7) is 2.57. The van der Waals surface area contributed by atoms with Crippen molar-refractivity contribution in [3.63, 3.8) is 0 Å². The lowest BCUT2D eigenvalue weighted by molar-refractivity contribution is 0.529. The van der Waals surface area contributed by atoms with Gasteiger partial charge >= 0.3 is 0 Å². The predicted octanol–water partition coefficient (Wildman–Crippen LogP) is 3.26. The summed E-state index contributed by atoms with van der Waals surface area (Å²) in [5, 5.41) is 3.28. The molecule has 0 heterocycles. The molecular weight excluding hydrogens is 227 g/mol. The van der Waals surface area contributed by atoms with Crippen LogP contribution in [0.1, 0.15) is 24.1 Å². The van der Waals surface area contributed by atoms with Gasteiger partial charge in [-0.25, -0.2) is 4.39 Å². The fourth-order valence-corrected chi connectivity index (χ4v) is 1.89. The highest BCUT2D eigenvalue weighted by Crippen LogP contribution is 2.17. The molecule has 0 bridgehead atoms. The maximum absolute atomic E-state index is 13.6. The van der Waals surface area contributed by atoms with Crippen LogP contribution in [0, 0.1) is 5.82 Å². The second-order valence-corrected chi connectivity index (χ2v) is 4.32. The fraction of sp³-hybridized carbons (Fsp3) is 0.200. The van der Waals surface area contributed by atoms with E-state index in [2.05, 4.69) is 5.32 Å². The van der Waals surface area contributed by atoms with Gasteiger partial charge in [0.15, 0.2) is 0 Å². The van der Waals surface area contributed by atoms with Gasteiger partial charge in [0.25, 0.3) is 0 Å². The molecule has 0 aromatic heterocycles. The van der Waals surface area contributed by atoms with Crippen LogP contribution in [0.5, 0.6) is 0 Å². The SMILES string of the molecule is CC(NCc1ccccc1N)c1ccccc1F. The number of nitrogen functional groups attached to an aromatic ring is 1. The third-order valence-electron chi connectivity index (χ3n) is 3.03. The Morgan fingerprint density at radius 2 is 1.78 bits per heavy atom. The van der Waals surface area contributed by atoms with Crippen LogP contribution in [-0.2, 0) is 6.54 Å². The van der Waals surface area contributed by atoms with E-state index in [4.69, 9.17) is 5.73 Å². The van der Waals surface area contributed by atoms with Crippen molar-refractivity contribution in [2.45, 2.75) is 19.5 Å². The first-order chi connectivity index (χ1) is 8.68. The van der Waals surface area contributed by atoms with Gasteiger partial charge in [0, 0.05) is 23.8 Å². The van der Waals surface area contributed by atoms with Crippen molar-refractivity contribution in [2.75, 3.05) is 5.73 Å². The lowest BCUT2D eigenvalue weighted by Gasteiger charge is -2.15. The van der Waals surface area contributed by atoms with E-state index in [1.165, 1.54) is 6.07 Å². The molecule has 2 rings (SSSR count). The molecule has 0 radical (unpaired) electrons. The molecule has 3 N–H and O–H groups in total. The van der Waals surface area contributed by atoms with E-state index < -0.39 is 0 Å². The molecule has 2 aromatic carbocycles. The third kappa shape index (κ3) is 2.87. The highest BCUT2D eigenvalue weighted by Gasteiger charge is 2.09. The summed E-state index contributed by atoms with van der Waals surface area (Å²) >= 11 is 0. The Labute approximate surface area is 107 Å². The van der Waals surface area contributed by atoms with Crippen molar-refractivity contribution in [2.24, 2.45) is 0 Å². The van der Waals surface area contributed by atoms with Gasteiger partial charge in [-0.2, -0.15) is 0 Å². The number of benzene rings is 2. The first-order valence-electron chi connectivity index (χ1n) is 5.99. The van der Waals surface area contributed by atoms with Gasteiger partial charge in [-0.1, -0.05) is 36.4 Å². The summed E-state index contributed by atoms with van der Waals surface area (Å²) < 4.78 is 13.6. The molecule has 94 valence electrons. The van der Waals surface area contributed by atoms with Gasteiger partial charge in [0.1, 0.15) is 5.82 Å². The average molecular weight is 244 g/mol. The molecule has 1 atom stereocenters. The van der Waals surface area contributed by atoms with Crippen LogP contribution in [-0.4, -0.2) is 0 Å². The molecule has 2 aromatic rings. The standard InChI is InChI=1S/C15H17FN2/c1-11(13-7-3-4-8-14(13)16)18-10-12-6-2-5-9-15(12)17/h2-9,11,18H,10,17H2,1H3. The van der Waals surface area contributed by atoms with Crippen molar-refractivity contribution in [3.05, 3.63) is 65.5 Å². The number of para-hydroxylation sites is 1. The summed E-state index contributed by atoms with van der Waals surface area (Å²) in [5.74, 6) is -0.182. The minimum Gasteiger partial charge on any atom is -0.398 e. The molecular formula is C15H17FN2. The van der Waals surface area contributed by atoms with Crippen LogP contribution < -0.4 is 11.1 Å². The Balaban J connectivity index is 2.03. The van der Waals surface area contributed by atoms with E-state index in [9.17, 15) is 4.39 Å². The second-order valence-electron chi connectivity index (χ2n) is 4.32. The third-order valence-corrected chi connectivity index (χ3v) is 3.03. The summed E-state index contributed by atoms with van der Waals surface area (Å²) in [6.07, 6.45) is 0.